The molecule has 4 rings (SSSR count). The highest BCUT2D eigenvalue weighted by Gasteiger charge is 2.16. The lowest BCUT2D eigenvalue weighted by Crippen LogP contribution is -2.03. The number of aromatic nitrogens is 4. The molecule has 0 N–H and O–H groups in total. The van der Waals surface area contributed by atoms with Gasteiger partial charge in [-0.25, -0.2) is 0 Å². The maximum atomic E-state index is 5.85. The summed E-state index contributed by atoms with van der Waals surface area (Å²) in [6.45, 7) is 3.62. The highest BCUT2D eigenvalue weighted by Crippen LogP contribution is 2.31. The Morgan fingerprint density at radius 2 is 1.76 bits per heavy atom. The fraction of sp³-hybridized carbons (Fsp3) is 0.273. The van der Waals surface area contributed by atoms with E-state index in [9.17, 15) is 0 Å². The Morgan fingerprint density at radius 3 is 2.55 bits per heavy atom. The van der Waals surface area contributed by atoms with Crippen LogP contribution in [0.15, 0.2) is 59.9 Å². The first-order valence-electron chi connectivity index (χ1n) is 9.59. The van der Waals surface area contributed by atoms with Crippen LogP contribution in [-0.4, -0.2) is 38.8 Å². The Labute approximate surface area is 174 Å². The van der Waals surface area contributed by atoms with Crippen LogP contribution in [0.1, 0.15) is 6.92 Å². The van der Waals surface area contributed by atoms with E-state index in [1.54, 1.807) is 18.9 Å². The van der Waals surface area contributed by atoms with Gasteiger partial charge in [0.25, 0.3) is 0 Å². The van der Waals surface area contributed by atoms with Crippen molar-refractivity contribution in [2.24, 2.45) is 7.05 Å². The molecule has 2 aromatic heterocycles. The molecule has 7 heteroatoms. The predicted molar refractivity (Wildman–Crippen MR) is 117 cm³/mol. The molecule has 0 saturated heterocycles. The zero-order valence-corrected chi connectivity index (χ0v) is 17.6. The first-order valence-corrected chi connectivity index (χ1v) is 10.6. The molecule has 4 aromatic rings. The number of thioether (sulfide) groups is 1. The molecule has 29 heavy (non-hydrogen) atoms. The van der Waals surface area contributed by atoms with Crippen molar-refractivity contribution in [3.05, 3.63) is 54.7 Å². The van der Waals surface area contributed by atoms with Gasteiger partial charge in [0.2, 0.25) is 0 Å². The molecular formula is C22H24N4O2S. The largest absolute Gasteiger partial charge is 0.493 e. The second kappa shape index (κ2) is 8.61. The molecule has 6 nitrogen and oxygen atoms in total. The fourth-order valence-corrected chi connectivity index (χ4v) is 4.11. The smallest absolute Gasteiger partial charge is 0.191 e. The van der Waals surface area contributed by atoms with E-state index in [0.717, 1.165) is 40.3 Å². The van der Waals surface area contributed by atoms with Crippen molar-refractivity contribution >= 4 is 22.7 Å². The maximum Gasteiger partial charge on any atom is 0.191 e. The van der Waals surface area contributed by atoms with Crippen molar-refractivity contribution < 1.29 is 9.47 Å². The number of ether oxygens (including phenoxy) is 2. The number of aryl methyl sites for hydroxylation is 1. The van der Waals surface area contributed by atoms with Crippen LogP contribution in [0, 0.1) is 0 Å². The van der Waals surface area contributed by atoms with Gasteiger partial charge in [0.05, 0.1) is 13.7 Å². The number of para-hydroxylation sites is 3. The Hall–Kier alpha value is -2.93. The number of hydrogen-bond acceptors (Lipinski definition) is 5. The minimum atomic E-state index is 0.558. The summed E-state index contributed by atoms with van der Waals surface area (Å²) in [6.07, 6.45) is 2.16. The second-order valence-corrected chi connectivity index (χ2v) is 7.62. The van der Waals surface area contributed by atoms with Crippen molar-refractivity contribution in [2.45, 2.75) is 18.6 Å². The van der Waals surface area contributed by atoms with E-state index in [4.69, 9.17) is 9.47 Å². The molecule has 0 fully saturated rings. The minimum absolute atomic E-state index is 0.558. The van der Waals surface area contributed by atoms with Crippen LogP contribution in [0.5, 0.6) is 11.5 Å². The lowest BCUT2D eigenvalue weighted by atomic mass is 10.1. The van der Waals surface area contributed by atoms with Gasteiger partial charge in [0.1, 0.15) is 0 Å². The Bertz CT molecular complexity index is 1120. The molecule has 0 atom stereocenters. The van der Waals surface area contributed by atoms with E-state index < -0.39 is 0 Å². The van der Waals surface area contributed by atoms with Gasteiger partial charge in [0.15, 0.2) is 22.5 Å². The first-order chi connectivity index (χ1) is 14.2. The number of nitrogens with zero attached hydrogens (tertiary/aromatic N) is 4. The highest BCUT2D eigenvalue weighted by molar-refractivity contribution is 7.99. The number of methoxy groups -OCH3 is 1. The molecular weight excluding hydrogens is 384 g/mol. The minimum Gasteiger partial charge on any atom is -0.493 e. The lowest BCUT2D eigenvalue weighted by molar-refractivity contribution is 0.313. The van der Waals surface area contributed by atoms with Gasteiger partial charge in [-0.2, -0.15) is 0 Å². The predicted octanol–water partition coefficient (Wildman–Crippen LogP) is 4.64. The van der Waals surface area contributed by atoms with E-state index in [1.165, 1.54) is 10.9 Å². The van der Waals surface area contributed by atoms with Crippen LogP contribution in [0.2, 0.25) is 0 Å². The molecule has 0 aliphatic carbocycles. The Morgan fingerprint density at radius 1 is 1.00 bits per heavy atom. The molecule has 0 bridgehead atoms. The molecule has 0 saturated carbocycles. The van der Waals surface area contributed by atoms with Gasteiger partial charge in [0, 0.05) is 42.0 Å². The monoisotopic (exact) mass is 408 g/mol. The van der Waals surface area contributed by atoms with Crippen molar-refractivity contribution in [2.75, 3.05) is 19.5 Å². The van der Waals surface area contributed by atoms with Crippen molar-refractivity contribution in [1.29, 1.82) is 0 Å². The van der Waals surface area contributed by atoms with Crippen LogP contribution in [0.25, 0.3) is 22.3 Å². The maximum absolute atomic E-state index is 5.85. The summed E-state index contributed by atoms with van der Waals surface area (Å²) in [6, 6.07) is 16.1. The third-order valence-corrected chi connectivity index (χ3v) is 5.83. The third-order valence-electron chi connectivity index (χ3n) is 4.85. The summed E-state index contributed by atoms with van der Waals surface area (Å²) < 4.78 is 15.5. The zero-order chi connectivity index (χ0) is 20.2. The molecule has 0 radical (unpaired) electrons. The van der Waals surface area contributed by atoms with Gasteiger partial charge in [-0.05, 0) is 25.1 Å². The third kappa shape index (κ3) is 3.82. The number of benzene rings is 2. The normalized spacial score (nSPS) is 11.1. The van der Waals surface area contributed by atoms with Crippen molar-refractivity contribution in [3.8, 4) is 22.9 Å². The van der Waals surface area contributed by atoms with Crippen LogP contribution in [-0.2, 0) is 13.6 Å². The van der Waals surface area contributed by atoms with Gasteiger partial charge < -0.3 is 18.6 Å². The highest BCUT2D eigenvalue weighted by atomic mass is 32.2. The Balaban J connectivity index is 1.47. The molecule has 2 aromatic carbocycles. The van der Waals surface area contributed by atoms with Gasteiger partial charge in [-0.15, -0.1) is 10.2 Å². The average molecular weight is 409 g/mol. The molecule has 0 aliphatic rings. The zero-order valence-electron chi connectivity index (χ0n) is 16.8. The second-order valence-electron chi connectivity index (χ2n) is 6.56. The van der Waals surface area contributed by atoms with Gasteiger partial charge in [-0.1, -0.05) is 42.1 Å². The standard InChI is InChI=1S/C22H24N4O2S/c1-4-26-15-17(16-9-5-6-10-18(16)26)21-23-24-22(25(21)2)29-14-13-28-20-12-8-7-11-19(20)27-3/h5-12,15H,4,13-14H2,1-3H3. The summed E-state index contributed by atoms with van der Waals surface area (Å²) in [7, 11) is 3.66. The van der Waals surface area contributed by atoms with E-state index in [2.05, 4.69) is 56.7 Å². The molecule has 0 amide bonds. The van der Waals surface area contributed by atoms with Crippen LogP contribution in [0.4, 0.5) is 0 Å². The summed E-state index contributed by atoms with van der Waals surface area (Å²) in [5, 5.41) is 10.9. The van der Waals surface area contributed by atoms with Gasteiger partial charge in [-0.3, -0.25) is 0 Å². The SMILES string of the molecule is CCn1cc(-c2nnc(SCCOc3ccccc3OC)n2C)c2ccccc21. The quantitative estimate of drug-likeness (QED) is 0.314. The number of rotatable bonds is 8. The van der Waals surface area contributed by atoms with E-state index in [1.807, 2.05) is 31.3 Å². The lowest BCUT2D eigenvalue weighted by Gasteiger charge is -2.09. The molecule has 0 aliphatic heterocycles. The topological polar surface area (TPSA) is 54.1 Å². The average Bonchev–Trinajstić information content (AvgIpc) is 3.31. The molecule has 0 unspecified atom stereocenters. The van der Waals surface area contributed by atoms with E-state index >= 15 is 0 Å². The van der Waals surface area contributed by atoms with E-state index in [0.29, 0.717) is 6.61 Å². The van der Waals surface area contributed by atoms with Gasteiger partial charge >= 0.3 is 0 Å². The summed E-state index contributed by atoms with van der Waals surface area (Å²) in [4.78, 5) is 0. The fourth-order valence-electron chi connectivity index (χ4n) is 3.38. The number of fused-ring (bicyclic) bond motifs is 1. The summed E-state index contributed by atoms with van der Waals surface area (Å²) in [5.41, 5.74) is 2.32. The molecule has 150 valence electrons. The van der Waals surface area contributed by atoms with Crippen LogP contribution < -0.4 is 9.47 Å². The summed E-state index contributed by atoms with van der Waals surface area (Å²) in [5.74, 6) is 3.13. The van der Waals surface area contributed by atoms with Crippen molar-refractivity contribution in [3.63, 3.8) is 0 Å². The first kappa shape index (κ1) is 19.4. The molecule has 0 spiro atoms. The van der Waals surface area contributed by atoms with Crippen LogP contribution >= 0.6 is 11.8 Å². The van der Waals surface area contributed by atoms with Crippen molar-refractivity contribution in [1.82, 2.24) is 19.3 Å². The van der Waals surface area contributed by atoms with Crippen LogP contribution in [0.3, 0.4) is 0 Å². The molecule has 2 heterocycles. The van der Waals surface area contributed by atoms with E-state index in [-0.39, 0.29) is 0 Å². The number of hydrogen-bond donors (Lipinski definition) is 0. The summed E-state index contributed by atoms with van der Waals surface area (Å²) >= 11 is 1.63. The Kier molecular flexibility index (Phi) is 5.76.